The summed E-state index contributed by atoms with van der Waals surface area (Å²) in [5, 5.41) is 3.37. The molecule has 116 valence electrons. The van der Waals surface area contributed by atoms with Gasteiger partial charge in [0.25, 0.3) is 5.91 Å². The number of rotatable bonds is 5. The van der Waals surface area contributed by atoms with Crippen molar-refractivity contribution in [1.82, 2.24) is 4.90 Å². The summed E-state index contributed by atoms with van der Waals surface area (Å²) in [6, 6.07) is 8.28. The zero-order valence-corrected chi connectivity index (χ0v) is 13.4. The van der Waals surface area contributed by atoms with Crippen molar-refractivity contribution in [3.63, 3.8) is 0 Å². The number of hydrogen-bond acceptors (Lipinski definition) is 2. The van der Waals surface area contributed by atoms with Crippen molar-refractivity contribution in [3.8, 4) is 0 Å². The van der Waals surface area contributed by atoms with Crippen LogP contribution in [0.25, 0.3) is 0 Å². The van der Waals surface area contributed by atoms with Gasteiger partial charge in [0, 0.05) is 25.3 Å². The van der Waals surface area contributed by atoms with Crippen molar-refractivity contribution in [2.75, 3.05) is 18.9 Å². The summed E-state index contributed by atoms with van der Waals surface area (Å²) >= 11 is 0. The molecule has 21 heavy (non-hydrogen) atoms. The monoisotopic (exact) mass is 288 g/mol. The van der Waals surface area contributed by atoms with E-state index in [1.807, 2.05) is 36.2 Å². The number of hydrogen-bond donors (Lipinski definition) is 1. The molecule has 1 aromatic carbocycles. The fourth-order valence-corrected chi connectivity index (χ4v) is 3.08. The predicted molar refractivity (Wildman–Crippen MR) is 88.8 cm³/mol. The van der Waals surface area contributed by atoms with E-state index in [0.717, 1.165) is 37.1 Å². The van der Waals surface area contributed by atoms with Crippen LogP contribution in [0, 0.1) is 0 Å². The highest BCUT2D eigenvalue weighted by Gasteiger charge is 2.23. The van der Waals surface area contributed by atoms with Gasteiger partial charge >= 0.3 is 0 Å². The number of nitrogens with zero attached hydrogens (tertiary/aromatic N) is 1. The highest BCUT2D eigenvalue weighted by molar-refractivity contribution is 5.99. The Hall–Kier alpha value is -1.51. The average Bonchev–Trinajstić information content (AvgIpc) is 2.81. The lowest BCUT2D eigenvalue weighted by Gasteiger charge is -2.28. The summed E-state index contributed by atoms with van der Waals surface area (Å²) in [4.78, 5) is 14.8. The third-order valence-electron chi connectivity index (χ3n) is 4.42. The topological polar surface area (TPSA) is 32.3 Å². The van der Waals surface area contributed by atoms with Gasteiger partial charge in [0.15, 0.2) is 0 Å². The maximum atomic E-state index is 12.8. The fourth-order valence-electron chi connectivity index (χ4n) is 3.08. The van der Waals surface area contributed by atoms with Crippen LogP contribution in [0.3, 0.4) is 0 Å². The van der Waals surface area contributed by atoms with Gasteiger partial charge in [-0.2, -0.15) is 0 Å². The molecule has 1 fully saturated rings. The first-order valence-corrected chi connectivity index (χ1v) is 8.34. The summed E-state index contributed by atoms with van der Waals surface area (Å²) in [6.07, 6.45) is 8.47. The minimum Gasteiger partial charge on any atom is -0.384 e. The second kappa shape index (κ2) is 8.06. The molecule has 1 aliphatic rings. The van der Waals surface area contributed by atoms with Gasteiger partial charge in [-0.3, -0.25) is 4.79 Å². The number of amides is 1. The van der Waals surface area contributed by atoms with E-state index < -0.39 is 0 Å². The molecule has 1 aliphatic carbocycles. The molecule has 0 aromatic heterocycles. The Morgan fingerprint density at radius 3 is 2.52 bits per heavy atom. The molecule has 3 heteroatoms. The van der Waals surface area contributed by atoms with Gasteiger partial charge in [0.05, 0.1) is 5.56 Å². The average molecular weight is 288 g/mol. The van der Waals surface area contributed by atoms with E-state index in [-0.39, 0.29) is 5.91 Å². The second-order valence-corrected chi connectivity index (χ2v) is 6.03. The van der Waals surface area contributed by atoms with Crippen LogP contribution in [0.15, 0.2) is 24.3 Å². The summed E-state index contributed by atoms with van der Waals surface area (Å²) < 4.78 is 0. The molecule has 0 bridgehead atoms. The molecule has 0 heterocycles. The zero-order chi connectivity index (χ0) is 15.1. The van der Waals surface area contributed by atoms with E-state index in [4.69, 9.17) is 0 Å². The number of para-hydroxylation sites is 1. The van der Waals surface area contributed by atoms with Gasteiger partial charge in [-0.15, -0.1) is 0 Å². The van der Waals surface area contributed by atoms with E-state index in [2.05, 4.69) is 12.2 Å². The molecule has 1 amide bonds. The molecule has 1 aromatic rings. The smallest absolute Gasteiger partial charge is 0.255 e. The third kappa shape index (κ3) is 4.23. The van der Waals surface area contributed by atoms with Gasteiger partial charge in [0.2, 0.25) is 0 Å². The van der Waals surface area contributed by atoms with Gasteiger partial charge in [-0.05, 0) is 31.4 Å². The van der Waals surface area contributed by atoms with Gasteiger partial charge in [-0.1, -0.05) is 44.7 Å². The number of carbonyl (C=O) groups is 1. The van der Waals surface area contributed by atoms with Crippen LogP contribution in [0.5, 0.6) is 0 Å². The minimum atomic E-state index is 0.154. The van der Waals surface area contributed by atoms with Crippen LogP contribution >= 0.6 is 0 Å². The van der Waals surface area contributed by atoms with Gasteiger partial charge in [-0.25, -0.2) is 0 Å². The first-order valence-electron chi connectivity index (χ1n) is 8.34. The fraction of sp³-hybridized carbons (Fsp3) is 0.611. The molecule has 1 saturated carbocycles. The Morgan fingerprint density at radius 2 is 1.86 bits per heavy atom. The predicted octanol–water partition coefficient (Wildman–Crippen LogP) is 4.30. The highest BCUT2D eigenvalue weighted by atomic mass is 16.2. The Bertz CT molecular complexity index is 450. The third-order valence-corrected chi connectivity index (χ3v) is 4.42. The first-order chi connectivity index (χ1) is 10.2. The lowest BCUT2D eigenvalue weighted by atomic mass is 10.1. The highest BCUT2D eigenvalue weighted by Crippen LogP contribution is 2.24. The molecule has 2 rings (SSSR count). The maximum absolute atomic E-state index is 12.8. The molecule has 0 saturated heterocycles. The van der Waals surface area contributed by atoms with Crippen LogP contribution in [-0.2, 0) is 0 Å². The second-order valence-electron chi connectivity index (χ2n) is 6.03. The Balaban J connectivity index is 2.10. The first kappa shape index (κ1) is 15.9. The molecular weight excluding hydrogens is 260 g/mol. The van der Waals surface area contributed by atoms with E-state index in [1.165, 1.54) is 25.7 Å². The quantitative estimate of drug-likeness (QED) is 0.819. The molecule has 0 spiro atoms. The van der Waals surface area contributed by atoms with Gasteiger partial charge in [0.1, 0.15) is 0 Å². The zero-order valence-electron chi connectivity index (χ0n) is 13.4. The van der Waals surface area contributed by atoms with E-state index in [9.17, 15) is 4.79 Å². The standard InChI is InChI=1S/C18H28N2O/c1-3-14-19-17-13-9-8-12-16(17)18(21)20(2)15-10-6-4-5-7-11-15/h8-9,12-13,15,19H,3-7,10-11,14H2,1-2H3. The number of nitrogens with one attached hydrogen (secondary N) is 1. The SMILES string of the molecule is CCCNc1ccccc1C(=O)N(C)C1CCCCCC1. The summed E-state index contributed by atoms with van der Waals surface area (Å²) in [5.41, 5.74) is 1.77. The molecule has 0 radical (unpaired) electrons. The van der Waals surface area contributed by atoms with Crippen LogP contribution in [0.2, 0.25) is 0 Å². The summed E-state index contributed by atoms with van der Waals surface area (Å²) in [5.74, 6) is 0.154. The van der Waals surface area contributed by atoms with Crippen LogP contribution < -0.4 is 5.32 Å². The van der Waals surface area contributed by atoms with Crippen molar-refractivity contribution in [2.24, 2.45) is 0 Å². The van der Waals surface area contributed by atoms with E-state index in [1.54, 1.807) is 0 Å². The molecule has 3 nitrogen and oxygen atoms in total. The molecule has 0 atom stereocenters. The van der Waals surface area contributed by atoms with Crippen molar-refractivity contribution in [2.45, 2.75) is 57.9 Å². The van der Waals surface area contributed by atoms with E-state index in [0.29, 0.717) is 6.04 Å². The summed E-state index contributed by atoms with van der Waals surface area (Å²) in [7, 11) is 1.97. The van der Waals surface area contributed by atoms with Crippen LogP contribution in [0.1, 0.15) is 62.2 Å². The maximum Gasteiger partial charge on any atom is 0.255 e. The normalized spacial score (nSPS) is 16.3. The molecule has 1 N–H and O–H groups in total. The number of carbonyl (C=O) groups excluding carboxylic acids is 1. The number of benzene rings is 1. The molecular formula is C18H28N2O. The van der Waals surface area contributed by atoms with Crippen LogP contribution in [-0.4, -0.2) is 30.4 Å². The van der Waals surface area contributed by atoms with Gasteiger partial charge < -0.3 is 10.2 Å². The lowest BCUT2D eigenvalue weighted by molar-refractivity contribution is 0.0718. The Labute approximate surface area is 128 Å². The van der Waals surface area contributed by atoms with Crippen molar-refractivity contribution >= 4 is 11.6 Å². The summed E-state index contributed by atoms with van der Waals surface area (Å²) in [6.45, 7) is 3.03. The van der Waals surface area contributed by atoms with Crippen molar-refractivity contribution in [1.29, 1.82) is 0 Å². The van der Waals surface area contributed by atoms with Crippen molar-refractivity contribution < 1.29 is 4.79 Å². The Morgan fingerprint density at radius 1 is 1.19 bits per heavy atom. The minimum absolute atomic E-state index is 0.154. The number of anilines is 1. The molecule has 0 aliphatic heterocycles. The van der Waals surface area contributed by atoms with Crippen LogP contribution in [0.4, 0.5) is 5.69 Å². The van der Waals surface area contributed by atoms with E-state index >= 15 is 0 Å². The molecule has 0 unspecified atom stereocenters. The largest absolute Gasteiger partial charge is 0.384 e. The Kier molecular flexibility index (Phi) is 6.09. The van der Waals surface area contributed by atoms with Crippen molar-refractivity contribution in [3.05, 3.63) is 29.8 Å². The lowest BCUT2D eigenvalue weighted by Crippen LogP contribution is -2.37.